The predicted octanol–water partition coefficient (Wildman–Crippen LogP) is 5.55. The standard InChI is InChI=1S/C25H27FN2O2/c26-20-6-3-5-17(14-20)18-8-9-21(27-15-18)10-11-23-22-7-2-1-4-19(22)16-28-24(23)12-13-30-25(28)29/h3,5-6,8-11,14-15,19,22-24H,1-2,4,7,12-13,16H2/t19?,22?,23?,24-/m1/s1. The Labute approximate surface area is 176 Å². The van der Waals surface area contributed by atoms with Crippen LogP contribution in [0.4, 0.5) is 9.18 Å². The van der Waals surface area contributed by atoms with E-state index < -0.39 is 0 Å². The summed E-state index contributed by atoms with van der Waals surface area (Å²) in [5.74, 6) is 1.31. The summed E-state index contributed by atoms with van der Waals surface area (Å²) in [6, 6.07) is 10.8. The molecule has 3 unspecified atom stereocenters. The number of cyclic esters (lactones) is 1. The minimum atomic E-state index is -0.244. The Morgan fingerprint density at radius 2 is 2.00 bits per heavy atom. The SMILES string of the molecule is O=C1OCC[C@@H]2C(C=Cc3ccc(-c4cccc(F)c4)cn3)C3CCCCC3CN12. The molecule has 0 radical (unpaired) electrons. The largest absolute Gasteiger partial charge is 0.449 e. The fraction of sp³-hybridized carbons (Fsp3) is 0.440. The van der Waals surface area contributed by atoms with Crippen LogP contribution in [-0.2, 0) is 4.74 Å². The van der Waals surface area contributed by atoms with Crippen LogP contribution in [0.2, 0.25) is 0 Å². The van der Waals surface area contributed by atoms with Crippen molar-refractivity contribution in [2.45, 2.75) is 38.1 Å². The van der Waals surface area contributed by atoms with Crippen molar-refractivity contribution < 1.29 is 13.9 Å². The first-order valence-corrected chi connectivity index (χ1v) is 11.0. The van der Waals surface area contributed by atoms with Crippen molar-refractivity contribution in [3.8, 4) is 11.1 Å². The van der Waals surface area contributed by atoms with Crippen molar-refractivity contribution in [2.75, 3.05) is 13.2 Å². The maximum Gasteiger partial charge on any atom is 0.410 e. The Bertz CT molecular complexity index is 942. The van der Waals surface area contributed by atoms with Crippen LogP contribution in [0.1, 0.15) is 37.8 Å². The molecule has 4 nitrogen and oxygen atoms in total. The van der Waals surface area contributed by atoms with Crippen LogP contribution in [0.3, 0.4) is 0 Å². The summed E-state index contributed by atoms with van der Waals surface area (Å²) < 4.78 is 18.8. The highest BCUT2D eigenvalue weighted by Crippen LogP contribution is 2.45. The second kappa shape index (κ2) is 8.21. The average molecular weight is 407 g/mol. The van der Waals surface area contributed by atoms with Gasteiger partial charge >= 0.3 is 6.09 Å². The van der Waals surface area contributed by atoms with Gasteiger partial charge in [-0.05, 0) is 54.5 Å². The molecule has 3 fully saturated rings. The zero-order chi connectivity index (χ0) is 20.5. The van der Waals surface area contributed by atoms with Crippen molar-refractivity contribution in [2.24, 2.45) is 17.8 Å². The van der Waals surface area contributed by atoms with Crippen molar-refractivity contribution in [3.05, 3.63) is 60.2 Å². The molecule has 4 atom stereocenters. The Balaban J connectivity index is 1.37. The van der Waals surface area contributed by atoms with Crippen LogP contribution in [-0.4, -0.2) is 35.2 Å². The number of hydrogen-bond acceptors (Lipinski definition) is 3. The summed E-state index contributed by atoms with van der Waals surface area (Å²) in [5.41, 5.74) is 2.61. The van der Waals surface area contributed by atoms with Gasteiger partial charge in [0.15, 0.2) is 0 Å². The maximum atomic E-state index is 13.5. The number of ether oxygens (including phenoxy) is 1. The van der Waals surface area contributed by atoms with Gasteiger partial charge in [0.25, 0.3) is 0 Å². The van der Waals surface area contributed by atoms with Crippen LogP contribution in [0.25, 0.3) is 17.2 Å². The molecule has 1 aromatic heterocycles. The molecular weight excluding hydrogens is 379 g/mol. The summed E-state index contributed by atoms with van der Waals surface area (Å²) in [5, 5.41) is 0. The van der Waals surface area contributed by atoms with Crippen LogP contribution < -0.4 is 0 Å². The molecule has 2 aliphatic heterocycles. The van der Waals surface area contributed by atoms with Gasteiger partial charge in [-0.3, -0.25) is 4.98 Å². The van der Waals surface area contributed by atoms with Gasteiger partial charge in [-0.1, -0.05) is 37.1 Å². The van der Waals surface area contributed by atoms with Crippen LogP contribution >= 0.6 is 0 Å². The highest BCUT2D eigenvalue weighted by atomic mass is 19.1. The Hall–Kier alpha value is -2.69. The van der Waals surface area contributed by atoms with E-state index in [1.54, 1.807) is 12.3 Å². The monoisotopic (exact) mass is 406 g/mol. The smallest absolute Gasteiger partial charge is 0.410 e. The number of fused-ring (bicyclic) bond motifs is 2. The highest BCUT2D eigenvalue weighted by molar-refractivity contribution is 5.69. The number of hydrogen-bond donors (Lipinski definition) is 0. The molecule has 0 spiro atoms. The molecule has 1 amide bonds. The van der Waals surface area contributed by atoms with E-state index in [0.717, 1.165) is 29.8 Å². The van der Waals surface area contributed by atoms with E-state index in [-0.39, 0.29) is 18.0 Å². The summed E-state index contributed by atoms with van der Waals surface area (Å²) in [7, 11) is 0. The van der Waals surface area contributed by atoms with Crippen LogP contribution in [0.5, 0.6) is 0 Å². The third-order valence-corrected chi connectivity index (χ3v) is 7.05. The third-order valence-electron chi connectivity index (χ3n) is 7.05. The minimum absolute atomic E-state index is 0.147. The second-order valence-electron chi connectivity index (χ2n) is 8.75. The van der Waals surface area contributed by atoms with Crippen LogP contribution in [0, 0.1) is 23.6 Å². The topological polar surface area (TPSA) is 42.4 Å². The molecule has 1 aliphatic carbocycles. The molecule has 3 heterocycles. The van der Waals surface area contributed by atoms with E-state index in [9.17, 15) is 9.18 Å². The van der Waals surface area contributed by atoms with Gasteiger partial charge in [0.1, 0.15) is 5.82 Å². The lowest BCUT2D eigenvalue weighted by Gasteiger charge is -2.51. The van der Waals surface area contributed by atoms with Gasteiger partial charge in [0, 0.05) is 36.7 Å². The molecule has 2 saturated heterocycles. The van der Waals surface area contributed by atoms with Crippen molar-refractivity contribution in [3.63, 3.8) is 0 Å². The number of carbonyl (C=O) groups is 1. The molecule has 5 heteroatoms. The fourth-order valence-corrected chi connectivity index (χ4v) is 5.58. The number of piperidine rings is 1. The Kier molecular flexibility index (Phi) is 5.28. The summed E-state index contributed by atoms with van der Waals surface area (Å²) in [6.07, 6.45) is 11.9. The highest BCUT2D eigenvalue weighted by Gasteiger charge is 2.46. The van der Waals surface area contributed by atoms with Crippen molar-refractivity contribution in [1.82, 2.24) is 9.88 Å². The lowest BCUT2D eigenvalue weighted by molar-refractivity contribution is -0.0343. The lowest BCUT2D eigenvalue weighted by Crippen LogP contribution is -2.58. The number of benzene rings is 1. The molecular formula is C25H27FN2O2. The zero-order valence-electron chi connectivity index (χ0n) is 17.0. The first-order chi connectivity index (χ1) is 14.7. The van der Waals surface area contributed by atoms with E-state index in [1.807, 2.05) is 23.1 Å². The molecule has 1 saturated carbocycles. The van der Waals surface area contributed by atoms with Gasteiger partial charge in [-0.15, -0.1) is 0 Å². The van der Waals surface area contributed by atoms with Gasteiger partial charge in [0.05, 0.1) is 12.3 Å². The number of aromatic nitrogens is 1. The molecule has 30 heavy (non-hydrogen) atoms. The third kappa shape index (κ3) is 3.73. The average Bonchev–Trinajstić information content (AvgIpc) is 2.78. The Morgan fingerprint density at radius 3 is 2.83 bits per heavy atom. The summed E-state index contributed by atoms with van der Waals surface area (Å²) >= 11 is 0. The van der Waals surface area contributed by atoms with Gasteiger partial charge in [-0.2, -0.15) is 0 Å². The number of rotatable bonds is 3. The Morgan fingerprint density at radius 1 is 1.10 bits per heavy atom. The second-order valence-corrected chi connectivity index (χ2v) is 8.75. The van der Waals surface area contributed by atoms with Crippen molar-refractivity contribution >= 4 is 12.2 Å². The van der Waals surface area contributed by atoms with Gasteiger partial charge in [0.2, 0.25) is 0 Å². The number of nitrogens with zero attached hydrogens (tertiary/aromatic N) is 2. The number of amides is 1. The molecule has 0 N–H and O–H groups in total. The minimum Gasteiger partial charge on any atom is -0.449 e. The summed E-state index contributed by atoms with van der Waals surface area (Å²) in [6.45, 7) is 1.36. The number of carbonyl (C=O) groups excluding carboxylic acids is 1. The van der Waals surface area contributed by atoms with E-state index in [1.165, 1.54) is 37.8 Å². The first-order valence-electron chi connectivity index (χ1n) is 11.0. The zero-order valence-corrected chi connectivity index (χ0v) is 17.0. The summed E-state index contributed by atoms with van der Waals surface area (Å²) in [4.78, 5) is 18.9. The molecule has 3 aliphatic rings. The fourth-order valence-electron chi connectivity index (χ4n) is 5.58. The van der Waals surface area contributed by atoms with E-state index in [2.05, 4.69) is 17.1 Å². The van der Waals surface area contributed by atoms with E-state index in [4.69, 9.17) is 4.74 Å². The molecule has 5 rings (SSSR count). The van der Waals surface area contributed by atoms with Crippen LogP contribution in [0.15, 0.2) is 48.7 Å². The quantitative estimate of drug-likeness (QED) is 0.671. The van der Waals surface area contributed by atoms with Crippen molar-refractivity contribution in [1.29, 1.82) is 0 Å². The van der Waals surface area contributed by atoms with E-state index in [0.29, 0.717) is 24.4 Å². The van der Waals surface area contributed by atoms with Gasteiger partial charge < -0.3 is 9.64 Å². The molecule has 2 aromatic rings. The lowest BCUT2D eigenvalue weighted by atomic mass is 9.66. The molecule has 0 bridgehead atoms. The molecule has 1 aromatic carbocycles. The number of halogens is 1. The first kappa shape index (κ1) is 19.3. The van der Waals surface area contributed by atoms with E-state index >= 15 is 0 Å². The maximum absolute atomic E-state index is 13.5. The number of pyridine rings is 1. The predicted molar refractivity (Wildman–Crippen MR) is 114 cm³/mol. The van der Waals surface area contributed by atoms with Gasteiger partial charge in [-0.25, -0.2) is 9.18 Å². The molecule has 156 valence electrons. The normalized spacial score (nSPS) is 28.7.